The van der Waals surface area contributed by atoms with Gasteiger partial charge in [0.1, 0.15) is 11.6 Å². The van der Waals surface area contributed by atoms with E-state index >= 15 is 0 Å². The first-order valence-corrected chi connectivity index (χ1v) is 4.69. The van der Waals surface area contributed by atoms with Crippen LogP contribution in [0.15, 0.2) is 42.5 Å². The zero-order valence-electron chi connectivity index (χ0n) is 8.30. The van der Waals surface area contributed by atoms with Crippen molar-refractivity contribution in [3.8, 4) is 11.1 Å². The lowest BCUT2D eigenvalue weighted by Crippen LogP contribution is -1.86. The van der Waals surface area contributed by atoms with Crippen LogP contribution < -0.4 is 0 Å². The maximum atomic E-state index is 13.4. The molecule has 2 aromatic rings. The van der Waals surface area contributed by atoms with Crippen LogP contribution in [0.5, 0.6) is 0 Å². The van der Waals surface area contributed by atoms with E-state index < -0.39 is 11.6 Å². The van der Waals surface area contributed by atoms with E-state index in [0.717, 1.165) is 17.7 Å². The zero-order chi connectivity index (χ0) is 10.8. The SMILES string of the molecule is Cc1cccc(-c2cc(F)ccc2F)c1. The summed E-state index contributed by atoms with van der Waals surface area (Å²) in [7, 11) is 0. The van der Waals surface area contributed by atoms with Gasteiger partial charge < -0.3 is 0 Å². The molecular formula is C13H10F2. The maximum absolute atomic E-state index is 13.4. The van der Waals surface area contributed by atoms with Crippen LogP contribution in [0, 0.1) is 18.6 Å². The second-order valence-corrected chi connectivity index (χ2v) is 3.49. The predicted molar refractivity (Wildman–Crippen MR) is 56.5 cm³/mol. The molecule has 2 heteroatoms. The number of rotatable bonds is 1. The monoisotopic (exact) mass is 204 g/mol. The molecule has 0 fully saturated rings. The van der Waals surface area contributed by atoms with E-state index in [4.69, 9.17) is 0 Å². The number of halogens is 2. The molecule has 0 aliphatic carbocycles. The number of hydrogen-bond acceptors (Lipinski definition) is 0. The standard InChI is InChI=1S/C13H10F2/c1-9-3-2-4-10(7-9)12-8-11(14)5-6-13(12)15/h2-8H,1H3. The fourth-order valence-corrected chi connectivity index (χ4v) is 1.53. The quantitative estimate of drug-likeness (QED) is 0.660. The highest BCUT2D eigenvalue weighted by Gasteiger charge is 2.05. The molecule has 2 aromatic carbocycles. The molecule has 0 aliphatic heterocycles. The van der Waals surface area contributed by atoms with E-state index in [1.807, 2.05) is 25.1 Å². The summed E-state index contributed by atoms with van der Waals surface area (Å²) in [6.07, 6.45) is 0. The molecule has 0 heterocycles. The second kappa shape index (κ2) is 3.81. The van der Waals surface area contributed by atoms with Crippen molar-refractivity contribution in [1.82, 2.24) is 0 Å². The Morgan fingerprint density at radius 3 is 2.47 bits per heavy atom. The van der Waals surface area contributed by atoms with Crippen molar-refractivity contribution in [2.45, 2.75) is 6.92 Å². The van der Waals surface area contributed by atoms with Gasteiger partial charge in [-0.3, -0.25) is 0 Å². The van der Waals surface area contributed by atoms with Crippen molar-refractivity contribution in [1.29, 1.82) is 0 Å². The summed E-state index contributed by atoms with van der Waals surface area (Å²) >= 11 is 0. The third kappa shape index (κ3) is 2.04. The first-order chi connectivity index (χ1) is 7.16. The molecule has 0 nitrogen and oxygen atoms in total. The Bertz CT molecular complexity index is 490. The fraction of sp³-hybridized carbons (Fsp3) is 0.0769. The van der Waals surface area contributed by atoms with Crippen molar-refractivity contribution in [2.24, 2.45) is 0 Å². The molecule has 2 rings (SSSR count). The molecule has 0 amide bonds. The summed E-state index contributed by atoms with van der Waals surface area (Å²) < 4.78 is 26.4. The van der Waals surface area contributed by atoms with Crippen molar-refractivity contribution in [2.75, 3.05) is 0 Å². The van der Waals surface area contributed by atoms with Gasteiger partial charge in [-0.2, -0.15) is 0 Å². The van der Waals surface area contributed by atoms with E-state index in [2.05, 4.69) is 0 Å². The topological polar surface area (TPSA) is 0 Å². The van der Waals surface area contributed by atoms with E-state index in [0.29, 0.717) is 11.1 Å². The van der Waals surface area contributed by atoms with E-state index in [-0.39, 0.29) is 0 Å². The van der Waals surface area contributed by atoms with E-state index in [1.54, 1.807) is 6.07 Å². The van der Waals surface area contributed by atoms with E-state index in [1.165, 1.54) is 6.07 Å². The van der Waals surface area contributed by atoms with Crippen LogP contribution in [0.1, 0.15) is 5.56 Å². The summed E-state index contributed by atoms with van der Waals surface area (Å²) in [5.74, 6) is -0.824. The van der Waals surface area contributed by atoms with Crippen LogP contribution in [0.3, 0.4) is 0 Å². The average molecular weight is 204 g/mol. The fourth-order valence-electron chi connectivity index (χ4n) is 1.53. The maximum Gasteiger partial charge on any atom is 0.131 e. The van der Waals surface area contributed by atoms with Crippen LogP contribution in [-0.4, -0.2) is 0 Å². The molecule has 0 atom stereocenters. The van der Waals surface area contributed by atoms with Gasteiger partial charge in [-0.15, -0.1) is 0 Å². The Morgan fingerprint density at radius 2 is 1.73 bits per heavy atom. The third-order valence-corrected chi connectivity index (χ3v) is 2.26. The summed E-state index contributed by atoms with van der Waals surface area (Å²) in [5, 5.41) is 0. The normalized spacial score (nSPS) is 10.3. The lowest BCUT2D eigenvalue weighted by molar-refractivity contribution is 0.603. The molecule has 0 aliphatic rings. The van der Waals surface area contributed by atoms with Gasteiger partial charge in [0, 0.05) is 5.56 Å². The third-order valence-electron chi connectivity index (χ3n) is 2.26. The summed E-state index contributed by atoms with van der Waals surface area (Å²) in [5.41, 5.74) is 2.03. The van der Waals surface area contributed by atoms with Gasteiger partial charge in [-0.1, -0.05) is 29.8 Å². The molecule has 0 radical (unpaired) electrons. The molecular weight excluding hydrogens is 194 g/mol. The van der Waals surface area contributed by atoms with Gasteiger partial charge >= 0.3 is 0 Å². The van der Waals surface area contributed by atoms with Gasteiger partial charge in [0.05, 0.1) is 0 Å². The minimum Gasteiger partial charge on any atom is -0.207 e. The molecule has 0 saturated heterocycles. The number of benzene rings is 2. The molecule has 0 unspecified atom stereocenters. The highest BCUT2D eigenvalue weighted by molar-refractivity contribution is 5.64. The van der Waals surface area contributed by atoms with Crippen LogP contribution in [0.2, 0.25) is 0 Å². The Hall–Kier alpha value is -1.70. The van der Waals surface area contributed by atoms with Crippen molar-refractivity contribution < 1.29 is 8.78 Å². The first-order valence-electron chi connectivity index (χ1n) is 4.69. The second-order valence-electron chi connectivity index (χ2n) is 3.49. The lowest BCUT2D eigenvalue weighted by atomic mass is 10.0. The van der Waals surface area contributed by atoms with Crippen LogP contribution >= 0.6 is 0 Å². The Morgan fingerprint density at radius 1 is 0.933 bits per heavy atom. The van der Waals surface area contributed by atoms with Gasteiger partial charge in [0.25, 0.3) is 0 Å². The van der Waals surface area contributed by atoms with Crippen LogP contribution in [-0.2, 0) is 0 Å². The van der Waals surface area contributed by atoms with Crippen molar-refractivity contribution in [3.63, 3.8) is 0 Å². The Balaban J connectivity index is 2.58. The van der Waals surface area contributed by atoms with Crippen LogP contribution in [0.4, 0.5) is 8.78 Å². The van der Waals surface area contributed by atoms with Gasteiger partial charge in [0.2, 0.25) is 0 Å². The van der Waals surface area contributed by atoms with E-state index in [9.17, 15) is 8.78 Å². The minimum absolute atomic E-state index is 0.304. The van der Waals surface area contributed by atoms with Crippen molar-refractivity contribution in [3.05, 3.63) is 59.7 Å². The summed E-state index contributed by atoms with van der Waals surface area (Å²) in [4.78, 5) is 0. The summed E-state index contributed by atoms with van der Waals surface area (Å²) in [6.45, 7) is 1.92. The lowest BCUT2D eigenvalue weighted by Gasteiger charge is -2.04. The number of aryl methyl sites for hydroxylation is 1. The number of hydrogen-bond donors (Lipinski definition) is 0. The molecule has 0 N–H and O–H groups in total. The Kier molecular flexibility index (Phi) is 2.50. The largest absolute Gasteiger partial charge is 0.207 e. The van der Waals surface area contributed by atoms with Crippen molar-refractivity contribution >= 4 is 0 Å². The zero-order valence-corrected chi connectivity index (χ0v) is 8.30. The average Bonchev–Trinajstić information content (AvgIpc) is 2.22. The molecule has 0 spiro atoms. The highest BCUT2D eigenvalue weighted by Crippen LogP contribution is 2.24. The Labute approximate surface area is 87.2 Å². The molecule has 0 aromatic heterocycles. The smallest absolute Gasteiger partial charge is 0.131 e. The van der Waals surface area contributed by atoms with Gasteiger partial charge in [-0.25, -0.2) is 8.78 Å². The first kappa shape index (κ1) is 9.84. The molecule has 0 bridgehead atoms. The van der Waals surface area contributed by atoms with Crippen LogP contribution in [0.25, 0.3) is 11.1 Å². The highest BCUT2D eigenvalue weighted by atomic mass is 19.1. The minimum atomic E-state index is -0.423. The molecule has 0 saturated carbocycles. The van der Waals surface area contributed by atoms with Gasteiger partial charge in [0.15, 0.2) is 0 Å². The predicted octanol–water partition coefficient (Wildman–Crippen LogP) is 3.94. The molecule has 15 heavy (non-hydrogen) atoms. The van der Waals surface area contributed by atoms with Gasteiger partial charge in [-0.05, 0) is 30.7 Å². The summed E-state index contributed by atoms with van der Waals surface area (Å²) in [6, 6.07) is 10.8. The molecule has 76 valence electrons.